The molecule has 0 unspecified atom stereocenters. The smallest absolute Gasteiger partial charge is 0.312 e. The van der Waals surface area contributed by atoms with Gasteiger partial charge in [-0.05, 0) is 29.8 Å². The number of para-hydroxylation sites is 1. The molecule has 86 valence electrons. The Labute approximate surface area is 96.6 Å². The van der Waals surface area contributed by atoms with Crippen molar-refractivity contribution in [3.05, 3.63) is 58.4 Å². The van der Waals surface area contributed by atoms with Crippen molar-refractivity contribution in [3.8, 4) is 11.1 Å². The molecule has 0 aliphatic carbocycles. The lowest BCUT2D eigenvalue weighted by Crippen LogP contribution is -1.95. The average molecular weight is 232 g/mol. The molecule has 4 nitrogen and oxygen atoms in total. The van der Waals surface area contributed by atoms with Gasteiger partial charge in [0.1, 0.15) is 0 Å². The van der Waals surface area contributed by atoms with E-state index in [-0.39, 0.29) is 5.56 Å². The van der Waals surface area contributed by atoms with Gasteiger partial charge in [-0.15, -0.1) is 0 Å². The van der Waals surface area contributed by atoms with Crippen LogP contribution < -0.4 is 5.73 Å². The molecule has 2 aromatic rings. The van der Waals surface area contributed by atoms with Gasteiger partial charge in [-0.25, -0.2) is 0 Å². The van der Waals surface area contributed by atoms with Crippen molar-refractivity contribution in [2.45, 2.75) is 0 Å². The fourth-order valence-electron chi connectivity index (χ4n) is 1.60. The molecule has 0 saturated heterocycles. The predicted molar refractivity (Wildman–Crippen MR) is 62.9 cm³/mol. The molecule has 0 fully saturated rings. The summed E-state index contributed by atoms with van der Waals surface area (Å²) in [5, 5.41) is 10.8. The van der Waals surface area contributed by atoms with Crippen molar-refractivity contribution in [1.82, 2.24) is 0 Å². The summed E-state index contributed by atoms with van der Waals surface area (Å²) in [6.45, 7) is 0. The highest BCUT2D eigenvalue weighted by atomic mass is 19.1. The highest BCUT2D eigenvalue weighted by molar-refractivity contribution is 5.74. The minimum absolute atomic E-state index is 0.245. The van der Waals surface area contributed by atoms with Crippen molar-refractivity contribution in [3.63, 3.8) is 0 Å². The van der Waals surface area contributed by atoms with Crippen molar-refractivity contribution < 1.29 is 9.31 Å². The van der Waals surface area contributed by atoms with E-state index >= 15 is 0 Å². The van der Waals surface area contributed by atoms with Crippen LogP contribution in [-0.4, -0.2) is 4.92 Å². The number of hydrogen-bond acceptors (Lipinski definition) is 3. The molecule has 0 saturated carbocycles. The normalized spacial score (nSPS) is 10.2. The fraction of sp³-hybridized carbons (Fsp3) is 0. The molecule has 0 aromatic heterocycles. The molecular weight excluding hydrogens is 223 g/mol. The lowest BCUT2D eigenvalue weighted by Gasteiger charge is -2.04. The van der Waals surface area contributed by atoms with Crippen molar-refractivity contribution >= 4 is 11.4 Å². The van der Waals surface area contributed by atoms with Gasteiger partial charge in [0.2, 0.25) is 5.82 Å². The number of nitrogens with zero attached hydrogens (tertiary/aromatic N) is 1. The molecule has 17 heavy (non-hydrogen) atoms. The maximum Gasteiger partial charge on any atom is 0.312 e. The second kappa shape index (κ2) is 4.21. The van der Waals surface area contributed by atoms with E-state index in [2.05, 4.69) is 0 Å². The highest BCUT2D eigenvalue weighted by Gasteiger charge is 2.20. The van der Waals surface area contributed by atoms with Gasteiger partial charge in [-0.3, -0.25) is 10.1 Å². The summed E-state index contributed by atoms with van der Waals surface area (Å²) in [6.07, 6.45) is 0. The third-order valence-corrected chi connectivity index (χ3v) is 2.39. The molecule has 0 amide bonds. The second-order valence-electron chi connectivity index (χ2n) is 3.52. The predicted octanol–water partition coefficient (Wildman–Crippen LogP) is 2.98. The molecule has 0 radical (unpaired) electrons. The van der Waals surface area contributed by atoms with Gasteiger partial charge in [0.15, 0.2) is 0 Å². The van der Waals surface area contributed by atoms with Crippen molar-refractivity contribution in [1.29, 1.82) is 0 Å². The topological polar surface area (TPSA) is 69.2 Å². The molecule has 0 aliphatic heterocycles. The Morgan fingerprint density at radius 3 is 2.35 bits per heavy atom. The Morgan fingerprint density at radius 2 is 1.76 bits per heavy atom. The van der Waals surface area contributed by atoms with Gasteiger partial charge in [0.25, 0.3) is 0 Å². The summed E-state index contributed by atoms with van der Waals surface area (Å²) in [4.78, 5) is 10.1. The first-order chi connectivity index (χ1) is 8.09. The molecule has 0 aliphatic rings. The van der Waals surface area contributed by atoms with Crippen LogP contribution in [0.4, 0.5) is 15.8 Å². The lowest BCUT2D eigenvalue weighted by atomic mass is 10.0. The highest BCUT2D eigenvalue weighted by Crippen LogP contribution is 2.32. The van der Waals surface area contributed by atoms with Crippen LogP contribution in [0.1, 0.15) is 0 Å². The Hall–Kier alpha value is -2.43. The van der Waals surface area contributed by atoms with E-state index in [1.807, 2.05) is 0 Å². The lowest BCUT2D eigenvalue weighted by molar-refractivity contribution is -0.386. The zero-order chi connectivity index (χ0) is 12.4. The van der Waals surface area contributed by atoms with Gasteiger partial charge in [-0.1, -0.05) is 18.2 Å². The zero-order valence-corrected chi connectivity index (χ0v) is 8.76. The number of benzene rings is 2. The Morgan fingerprint density at radius 1 is 1.12 bits per heavy atom. The third kappa shape index (κ3) is 2.08. The number of nitrogen functional groups attached to an aromatic ring is 1. The van der Waals surface area contributed by atoms with E-state index in [1.54, 1.807) is 24.3 Å². The number of halogens is 1. The Bertz CT molecular complexity index is 567. The van der Waals surface area contributed by atoms with Gasteiger partial charge in [-0.2, -0.15) is 4.39 Å². The monoisotopic (exact) mass is 232 g/mol. The molecule has 0 bridgehead atoms. The zero-order valence-electron chi connectivity index (χ0n) is 8.76. The molecule has 2 aromatic carbocycles. The van der Waals surface area contributed by atoms with Gasteiger partial charge < -0.3 is 5.73 Å². The molecule has 2 N–H and O–H groups in total. The van der Waals surface area contributed by atoms with E-state index in [9.17, 15) is 14.5 Å². The van der Waals surface area contributed by atoms with Gasteiger partial charge in [0.05, 0.1) is 10.5 Å². The van der Waals surface area contributed by atoms with E-state index in [1.165, 1.54) is 12.1 Å². The van der Waals surface area contributed by atoms with Gasteiger partial charge >= 0.3 is 5.69 Å². The van der Waals surface area contributed by atoms with Gasteiger partial charge in [0, 0.05) is 5.69 Å². The number of hydrogen-bond donors (Lipinski definition) is 1. The van der Waals surface area contributed by atoms with Crippen LogP contribution in [0.15, 0.2) is 42.5 Å². The summed E-state index contributed by atoms with van der Waals surface area (Å²) in [5.41, 5.74) is 6.36. The first kappa shape index (κ1) is 11.1. The van der Waals surface area contributed by atoms with Crippen molar-refractivity contribution in [2.75, 3.05) is 5.73 Å². The number of rotatable bonds is 2. The van der Waals surface area contributed by atoms with E-state index in [0.29, 0.717) is 11.3 Å². The Kier molecular flexibility index (Phi) is 2.74. The van der Waals surface area contributed by atoms with Crippen LogP contribution in [-0.2, 0) is 0 Å². The summed E-state index contributed by atoms with van der Waals surface area (Å²) in [7, 11) is 0. The van der Waals surface area contributed by atoms with Crippen LogP contribution in [0.3, 0.4) is 0 Å². The largest absolute Gasteiger partial charge is 0.399 e. The van der Waals surface area contributed by atoms with E-state index in [0.717, 1.165) is 6.07 Å². The molecule has 0 spiro atoms. The third-order valence-electron chi connectivity index (χ3n) is 2.39. The minimum atomic E-state index is -0.843. The number of nitro groups is 1. The summed E-state index contributed by atoms with van der Waals surface area (Å²) >= 11 is 0. The second-order valence-corrected chi connectivity index (χ2v) is 3.52. The fourth-order valence-corrected chi connectivity index (χ4v) is 1.60. The maximum atomic E-state index is 13.4. The summed E-state index contributed by atoms with van der Waals surface area (Å²) in [6, 6.07) is 10.5. The van der Waals surface area contributed by atoms with Crippen LogP contribution in [0.2, 0.25) is 0 Å². The Balaban J connectivity index is 2.63. The first-order valence-electron chi connectivity index (χ1n) is 4.88. The maximum absolute atomic E-state index is 13.4. The standard InChI is InChI=1S/C12H9FN2O2/c13-11-3-1-2-10(12(11)15(16)17)8-4-6-9(14)7-5-8/h1-7H,14H2. The van der Waals surface area contributed by atoms with Crippen LogP contribution in [0.25, 0.3) is 11.1 Å². The van der Waals surface area contributed by atoms with Crippen molar-refractivity contribution in [2.24, 2.45) is 0 Å². The molecule has 5 heteroatoms. The average Bonchev–Trinajstić information content (AvgIpc) is 2.29. The van der Waals surface area contributed by atoms with E-state index in [4.69, 9.17) is 5.73 Å². The first-order valence-corrected chi connectivity index (χ1v) is 4.88. The quantitative estimate of drug-likeness (QED) is 0.491. The van der Waals surface area contributed by atoms with Crippen LogP contribution in [0.5, 0.6) is 0 Å². The molecule has 2 rings (SSSR count). The van der Waals surface area contributed by atoms with Crippen LogP contribution in [0, 0.1) is 15.9 Å². The van der Waals surface area contributed by atoms with E-state index < -0.39 is 16.4 Å². The molecule has 0 atom stereocenters. The molecular formula is C12H9FN2O2. The summed E-state index contributed by atoms with van der Waals surface area (Å²) in [5.74, 6) is -0.843. The molecule has 0 heterocycles. The SMILES string of the molecule is Nc1ccc(-c2cccc(F)c2[N+](=O)[O-])cc1. The minimum Gasteiger partial charge on any atom is -0.399 e. The number of nitro benzene ring substituents is 1. The number of anilines is 1. The summed E-state index contributed by atoms with van der Waals surface area (Å²) < 4.78 is 13.4. The number of nitrogens with two attached hydrogens (primary N) is 1. The van der Waals surface area contributed by atoms with Crippen LogP contribution >= 0.6 is 0 Å².